The second kappa shape index (κ2) is 12.9. The Balaban J connectivity index is 2.78. The number of aliphatic hydroxyl groups is 1. The van der Waals surface area contributed by atoms with Crippen molar-refractivity contribution in [2.45, 2.75) is 39.0 Å². The lowest BCUT2D eigenvalue weighted by Gasteiger charge is -2.04. The van der Waals surface area contributed by atoms with E-state index in [2.05, 4.69) is 12.2 Å². The average molecular weight is 203 g/mol. The number of hydrogen-bond donors (Lipinski definition) is 2. The third-order valence-electron chi connectivity index (χ3n) is 2.05. The van der Waals surface area contributed by atoms with E-state index in [4.69, 9.17) is 9.84 Å². The lowest BCUT2D eigenvalue weighted by atomic mass is 10.3. The largest absolute Gasteiger partial charge is 0.396 e. The van der Waals surface area contributed by atoms with E-state index in [0.717, 1.165) is 32.5 Å². The van der Waals surface area contributed by atoms with Gasteiger partial charge in [0.25, 0.3) is 0 Å². The topological polar surface area (TPSA) is 41.5 Å². The molecule has 0 atom stereocenters. The summed E-state index contributed by atoms with van der Waals surface area (Å²) in [5, 5.41) is 11.9. The molecule has 0 aromatic heterocycles. The molecule has 0 fully saturated rings. The van der Waals surface area contributed by atoms with E-state index in [0.29, 0.717) is 6.61 Å². The van der Waals surface area contributed by atoms with Crippen molar-refractivity contribution >= 4 is 0 Å². The van der Waals surface area contributed by atoms with Crippen molar-refractivity contribution in [2.75, 3.05) is 32.9 Å². The molecule has 0 aliphatic heterocycles. The maximum absolute atomic E-state index is 8.50. The van der Waals surface area contributed by atoms with Gasteiger partial charge in [-0.3, -0.25) is 0 Å². The fourth-order valence-electron chi connectivity index (χ4n) is 1.15. The van der Waals surface area contributed by atoms with E-state index < -0.39 is 0 Å². The quantitative estimate of drug-likeness (QED) is 0.501. The summed E-state index contributed by atoms with van der Waals surface area (Å²) >= 11 is 0. The summed E-state index contributed by atoms with van der Waals surface area (Å²) in [5.74, 6) is 0. The molecule has 0 unspecified atom stereocenters. The highest BCUT2D eigenvalue weighted by atomic mass is 16.5. The molecular weight excluding hydrogens is 178 g/mol. The Labute approximate surface area is 87.8 Å². The first kappa shape index (κ1) is 13.9. The summed E-state index contributed by atoms with van der Waals surface area (Å²) in [7, 11) is 0. The number of unbranched alkanes of at least 4 members (excludes halogenated alkanes) is 2. The minimum atomic E-state index is 0.235. The zero-order valence-corrected chi connectivity index (χ0v) is 9.43. The van der Waals surface area contributed by atoms with E-state index in [9.17, 15) is 0 Å². The van der Waals surface area contributed by atoms with Crippen LogP contribution in [0.15, 0.2) is 0 Å². The van der Waals surface area contributed by atoms with Gasteiger partial charge in [-0.25, -0.2) is 0 Å². The van der Waals surface area contributed by atoms with Gasteiger partial charge in [-0.05, 0) is 38.8 Å². The van der Waals surface area contributed by atoms with Gasteiger partial charge in [-0.2, -0.15) is 0 Å². The molecule has 0 rings (SSSR count). The van der Waals surface area contributed by atoms with E-state index in [1.165, 1.54) is 19.3 Å². The summed E-state index contributed by atoms with van der Waals surface area (Å²) in [5.41, 5.74) is 0. The molecule has 2 N–H and O–H groups in total. The highest BCUT2D eigenvalue weighted by Gasteiger charge is 1.90. The summed E-state index contributed by atoms with van der Waals surface area (Å²) in [6.45, 7) is 6.20. The number of hydrogen-bond acceptors (Lipinski definition) is 3. The maximum atomic E-state index is 8.50. The van der Waals surface area contributed by atoms with Gasteiger partial charge in [0.1, 0.15) is 0 Å². The summed E-state index contributed by atoms with van der Waals surface area (Å²) in [4.78, 5) is 0. The van der Waals surface area contributed by atoms with Crippen LogP contribution in [0.1, 0.15) is 39.0 Å². The molecule has 0 aromatic rings. The second-order valence-corrected chi connectivity index (χ2v) is 3.50. The number of aliphatic hydroxyl groups excluding tert-OH is 1. The summed E-state index contributed by atoms with van der Waals surface area (Å²) < 4.78 is 5.31. The van der Waals surface area contributed by atoms with Crippen molar-refractivity contribution in [2.24, 2.45) is 0 Å². The molecule has 0 radical (unpaired) electrons. The Morgan fingerprint density at radius 2 is 1.71 bits per heavy atom. The molecule has 0 aliphatic rings. The van der Waals surface area contributed by atoms with Crippen LogP contribution in [0.25, 0.3) is 0 Å². The van der Waals surface area contributed by atoms with Crippen molar-refractivity contribution in [3.8, 4) is 0 Å². The van der Waals surface area contributed by atoms with Crippen molar-refractivity contribution in [3.63, 3.8) is 0 Å². The minimum Gasteiger partial charge on any atom is -0.396 e. The maximum Gasteiger partial charge on any atom is 0.0487 e. The highest BCUT2D eigenvalue weighted by molar-refractivity contribution is 4.47. The SMILES string of the molecule is CCCCNCCCCOCCCO. The molecular formula is C11H25NO2. The molecule has 86 valence electrons. The standard InChI is InChI=1S/C11H25NO2/c1-2-3-7-12-8-4-5-10-14-11-6-9-13/h12-13H,2-11H2,1H3. The van der Waals surface area contributed by atoms with Crippen LogP contribution in [-0.4, -0.2) is 38.0 Å². The monoisotopic (exact) mass is 203 g/mol. The molecule has 0 saturated heterocycles. The summed E-state index contributed by atoms with van der Waals surface area (Å²) in [6.07, 6.45) is 5.59. The predicted molar refractivity (Wildman–Crippen MR) is 59.5 cm³/mol. The lowest BCUT2D eigenvalue weighted by molar-refractivity contribution is 0.113. The van der Waals surface area contributed by atoms with Crippen LogP contribution in [0.5, 0.6) is 0 Å². The molecule has 3 nitrogen and oxygen atoms in total. The van der Waals surface area contributed by atoms with Crippen LogP contribution < -0.4 is 5.32 Å². The number of nitrogens with one attached hydrogen (secondary N) is 1. The molecule has 0 aliphatic carbocycles. The number of ether oxygens (including phenoxy) is 1. The van der Waals surface area contributed by atoms with E-state index in [1.807, 2.05) is 0 Å². The molecule has 14 heavy (non-hydrogen) atoms. The minimum absolute atomic E-state index is 0.235. The smallest absolute Gasteiger partial charge is 0.0487 e. The Hall–Kier alpha value is -0.120. The van der Waals surface area contributed by atoms with Gasteiger partial charge in [0.15, 0.2) is 0 Å². The van der Waals surface area contributed by atoms with Gasteiger partial charge in [0, 0.05) is 19.8 Å². The van der Waals surface area contributed by atoms with Crippen LogP contribution >= 0.6 is 0 Å². The Bertz CT molecular complexity index is 87.3. The Morgan fingerprint density at radius 3 is 2.43 bits per heavy atom. The first-order valence-corrected chi connectivity index (χ1v) is 5.81. The highest BCUT2D eigenvalue weighted by Crippen LogP contribution is 1.90. The van der Waals surface area contributed by atoms with Crippen LogP contribution in [0.4, 0.5) is 0 Å². The Kier molecular flexibility index (Phi) is 12.8. The average Bonchev–Trinajstić information content (AvgIpc) is 2.21. The Morgan fingerprint density at radius 1 is 1.00 bits per heavy atom. The molecule has 3 heteroatoms. The zero-order chi connectivity index (χ0) is 10.5. The fraction of sp³-hybridized carbons (Fsp3) is 1.00. The third-order valence-corrected chi connectivity index (χ3v) is 2.05. The van der Waals surface area contributed by atoms with Crippen LogP contribution in [0.3, 0.4) is 0 Å². The van der Waals surface area contributed by atoms with Crippen molar-refractivity contribution in [1.82, 2.24) is 5.32 Å². The molecule has 0 aromatic carbocycles. The molecule has 0 heterocycles. The molecule has 0 amide bonds. The fourth-order valence-corrected chi connectivity index (χ4v) is 1.15. The molecule has 0 bridgehead atoms. The lowest BCUT2D eigenvalue weighted by Crippen LogP contribution is -2.16. The van der Waals surface area contributed by atoms with Gasteiger partial charge in [0.05, 0.1) is 0 Å². The van der Waals surface area contributed by atoms with Crippen molar-refractivity contribution in [1.29, 1.82) is 0 Å². The second-order valence-electron chi connectivity index (χ2n) is 3.50. The number of rotatable bonds is 11. The molecule has 0 saturated carbocycles. The van der Waals surface area contributed by atoms with Gasteiger partial charge in [0.2, 0.25) is 0 Å². The van der Waals surface area contributed by atoms with Crippen molar-refractivity contribution in [3.05, 3.63) is 0 Å². The van der Waals surface area contributed by atoms with Gasteiger partial charge < -0.3 is 15.2 Å². The van der Waals surface area contributed by atoms with E-state index in [-0.39, 0.29) is 6.61 Å². The van der Waals surface area contributed by atoms with E-state index >= 15 is 0 Å². The zero-order valence-electron chi connectivity index (χ0n) is 9.43. The van der Waals surface area contributed by atoms with Gasteiger partial charge in [-0.15, -0.1) is 0 Å². The first-order valence-electron chi connectivity index (χ1n) is 5.81. The van der Waals surface area contributed by atoms with Crippen LogP contribution in [-0.2, 0) is 4.74 Å². The normalized spacial score (nSPS) is 10.7. The third kappa shape index (κ3) is 11.9. The predicted octanol–water partition coefficient (Wildman–Crippen LogP) is 1.56. The summed E-state index contributed by atoms with van der Waals surface area (Å²) in [6, 6.07) is 0. The first-order chi connectivity index (χ1) is 6.91. The van der Waals surface area contributed by atoms with Crippen molar-refractivity contribution < 1.29 is 9.84 Å². The van der Waals surface area contributed by atoms with Gasteiger partial charge in [-0.1, -0.05) is 13.3 Å². The van der Waals surface area contributed by atoms with Crippen LogP contribution in [0.2, 0.25) is 0 Å². The van der Waals surface area contributed by atoms with Gasteiger partial charge >= 0.3 is 0 Å². The molecule has 0 spiro atoms. The van der Waals surface area contributed by atoms with Crippen LogP contribution in [0, 0.1) is 0 Å². The van der Waals surface area contributed by atoms with E-state index in [1.54, 1.807) is 0 Å².